The Kier molecular flexibility index (Phi) is 2.98. The highest BCUT2D eigenvalue weighted by molar-refractivity contribution is 9.10. The lowest BCUT2D eigenvalue weighted by Gasteiger charge is -1.99. The third-order valence-corrected chi connectivity index (χ3v) is 2.02. The number of hydrogen-bond donors (Lipinski definition) is 0. The molecule has 0 N–H and O–H groups in total. The van der Waals surface area contributed by atoms with Crippen molar-refractivity contribution >= 4 is 21.9 Å². The van der Waals surface area contributed by atoms with Crippen LogP contribution in [0.3, 0.4) is 0 Å². The van der Waals surface area contributed by atoms with Gasteiger partial charge in [0.15, 0.2) is 0 Å². The van der Waals surface area contributed by atoms with Crippen LogP contribution in [0, 0.1) is 11.3 Å². The molecule has 5 heteroatoms. The molecule has 0 atom stereocenters. The van der Waals surface area contributed by atoms with E-state index in [1.807, 2.05) is 6.07 Å². The molecule has 0 fully saturated rings. The Bertz CT molecular complexity index is 384. The van der Waals surface area contributed by atoms with E-state index in [-0.39, 0.29) is 5.69 Å². The fourth-order valence-corrected chi connectivity index (χ4v) is 1.14. The van der Waals surface area contributed by atoms with Crippen molar-refractivity contribution in [3.05, 3.63) is 28.0 Å². The number of carbonyl (C=O) groups excluding carboxylic acids is 1. The Hall–Kier alpha value is -1.41. The van der Waals surface area contributed by atoms with Crippen LogP contribution in [0.15, 0.2) is 16.7 Å². The number of nitrogens with zero attached hydrogens (tertiary/aromatic N) is 2. The number of ether oxygens (including phenoxy) is 1. The molecule has 0 radical (unpaired) electrons. The van der Waals surface area contributed by atoms with Crippen LogP contribution < -0.4 is 0 Å². The van der Waals surface area contributed by atoms with E-state index in [1.165, 1.54) is 19.4 Å². The lowest BCUT2D eigenvalue weighted by molar-refractivity contribution is 0.0594. The van der Waals surface area contributed by atoms with Gasteiger partial charge >= 0.3 is 5.97 Å². The lowest BCUT2D eigenvalue weighted by Crippen LogP contribution is -2.04. The molecule has 1 aromatic heterocycles. The van der Waals surface area contributed by atoms with Crippen LogP contribution in [0.5, 0.6) is 0 Å². The van der Waals surface area contributed by atoms with E-state index in [1.54, 1.807) is 0 Å². The maximum absolute atomic E-state index is 11.0. The van der Waals surface area contributed by atoms with E-state index < -0.39 is 5.97 Å². The first-order chi connectivity index (χ1) is 6.19. The molecule has 0 saturated carbocycles. The zero-order valence-corrected chi connectivity index (χ0v) is 8.33. The van der Waals surface area contributed by atoms with Gasteiger partial charge < -0.3 is 4.74 Å². The zero-order valence-electron chi connectivity index (χ0n) is 6.74. The monoisotopic (exact) mass is 240 g/mol. The predicted octanol–water partition coefficient (Wildman–Crippen LogP) is 1.50. The molecule has 1 aromatic rings. The molecule has 0 unspecified atom stereocenters. The zero-order chi connectivity index (χ0) is 9.84. The average molecular weight is 241 g/mol. The molecule has 0 aliphatic rings. The van der Waals surface area contributed by atoms with Crippen LogP contribution in [0.1, 0.15) is 16.1 Å². The van der Waals surface area contributed by atoms with Gasteiger partial charge in [0.05, 0.1) is 12.7 Å². The molecule has 0 amide bonds. The molecule has 13 heavy (non-hydrogen) atoms. The van der Waals surface area contributed by atoms with Crippen molar-refractivity contribution < 1.29 is 9.53 Å². The SMILES string of the molecule is COC(=O)c1cc(Br)c(C#N)cn1. The van der Waals surface area contributed by atoms with E-state index >= 15 is 0 Å². The second-order valence-corrected chi connectivity index (χ2v) is 3.01. The number of carbonyl (C=O) groups is 1. The third kappa shape index (κ3) is 2.04. The third-order valence-electron chi connectivity index (χ3n) is 1.37. The van der Waals surface area contributed by atoms with Gasteiger partial charge in [-0.05, 0) is 22.0 Å². The standard InChI is InChI=1S/C8H5BrN2O2/c1-13-8(12)7-2-6(9)5(3-10)4-11-7/h2,4H,1H3. The van der Waals surface area contributed by atoms with Gasteiger partial charge in [0, 0.05) is 10.7 Å². The normalized spacial score (nSPS) is 9.00. The number of halogens is 1. The fraction of sp³-hybridized carbons (Fsp3) is 0.125. The molecule has 0 aliphatic heterocycles. The smallest absolute Gasteiger partial charge is 0.356 e. The summed E-state index contributed by atoms with van der Waals surface area (Å²) in [6.45, 7) is 0. The first-order valence-electron chi connectivity index (χ1n) is 3.33. The van der Waals surface area contributed by atoms with Gasteiger partial charge in [-0.2, -0.15) is 5.26 Å². The average Bonchev–Trinajstić information content (AvgIpc) is 2.16. The highest BCUT2D eigenvalue weighted by Gasteiger charge is 2.09. The summed E-state index contributed by atoms with van der Waals surface area (Å²) in [5.74, 6) is -0.523. The van der Waals surface area contributed by atoms with E-state index in [2.05, 4.69) is 25.7 Å². The topological polar surface area (TPSA) is 63.0 Å². The second kappa shape index (κ2) is 4.01. The molecule has 1 rings (SSSR count). The Morgan fingerprint density at radius 2 is 2.46 bits per heavy atom. The molecule has 0 aromatic carbocycles. The number of hydrogen-bond acceptors (Lipinski definition) is 4. The Labute approximate surface area is 83.3 Å². The van der Waals surface area contributed by atoms with Crippen molar-refractivity contribution in [2.75, 3.05) is 7.11 Å². The van der Waals surface area contributed by atoms with Gasteiger partial charge in [0.1, 0.15) is 11.8 Å². The maximum atomic E-state index is 11.0. The van der Waals surface area contributed by atoms with Gasteiger partial charge in [-0.25, -0.2) is 9.78 Å². The van der Waals surface area contributed by atoms with Gasteiger partial charge in [-0.15, -0.1) is 0 Å². The summed E-state index contributed by atoms with van der Waals surface area (Å²) in [5.41, 5.74) is 0.557. The highest BCUT2D eigenvalue weighted by atomic mass is 79.9. The molecular formula is C8H5BrN2O2. The van der Waals surface area contributed by atoms with Crippen LogP contribution in [-0.4, -0.2) is 18.1 Å². The van der Waals surface area contributed by atoms with Crippen molar-refractivity contribution in [1.82, 2.24) is 4.98 Å². The van der Waals surface area contributed by atoms with Crippen LogP contribution >= 0.6 is 15.9 Å². The molecule has 1 heterocycles. The Balaban J connectivity index is 3.11. The van der Waals surface area contributed by atoms with Crippen molar-refractivity contribution in [1.29, 1.82) is 5.26 Å². The van der Waals surface area contributed by atoms with E-state index in [9.17, 15) is 4.79 Å². The van der Waals surface area contributed by atoms with Crippen LogP contribution in [0.25, 0.3) is 0 Å². The molecule has 0 aliphatic carbocycles. The minimum absolute atomic E-state index is 0.174. The Morgan fingerprint density at radius 3 is 2.92 bits per heavy atom. The predicted molar refractivity (Wildman–Crippen MR) is 48.0 cm³/mol. The summed E-state index contributed by atoms with van der Waals surface area (Å²) in [6.07, 6.45) is 1.32. The largest absolute Gasteiger partial charge is 0.464 e. The summed E-state index contributed by atoms with van der Waals surface area (Å²) < 4.78 is 4.99. The number of nitriles is 1. The molecule has 4 nitrogen and oxygen atoms in total. The summed E-state index contributed by atoms with van der Waals surface area (Å²) in [7, 11) is 1.27. The number of rotatable bonds is 1. The van der Waals surface area contributed by atoms with E-state index in [4.69, 9.17) is 5.26 Å². The molecule has 0 bridgehead atoms. The Morgan fingerprint density at radius 1 is 1.77 bits per heavy atom. The minimum atomic E-state index is -0.523. The first kappa shape index (κ1) is 9.68. The number of aromatic nitrogens is 1. The molecule has 0 spiro atoms. The number of methoxy groups -OCH3 is 1. The quantitative estimate of drug-likeness (QED) is 0.699. The van der Waals surface area contributed by atoms with Crippen molar-refractivity contribution in [2.45, 2.75) is 0 Å². The summed E-state index contributed by atoms with van der Waals surface area (Å²) in [6, 6.07) is 3.37. The number of pyridine rings is 1. The van der Waals surface area contributed by atoms with Crippen molar-refractivity contribution in [2.24, 2.45) is 0 Å². The maximum Gasteiger partial charge on any atom is 0.356 e. The van der Waals surface area contributed by atoms with Gasteiger partial charge in [-0.3, -0.25) is 0 Å². The molecule has 0 saturated heterocycles. The van der Waals surface area contributed by atoms with Crippen LogP contribution in [-0.2, 0) is 4.74 Å². The van der Waals surface area contributed by atoms with Crippen molar-refractivity contribution in [3.8, 4) is 6.07 Å². The molecule has 66 valence electrons. The fourth-order valence-electron chi connectivity index (χ4n) is 0.729. The van der Waals surface area contributed by atoms with E-state index in [0.717, 1.165) is 0 Å². The van der Waals surface area contributed by atoms with Crippen LogP contribution in [0.4, 0.5) is 0 Å². The van der Waals surface area contributed by atoms with E-state index in [0.29, 0.717) is 10.0 Å². The highest BCUT2D eigenvalue weighted by Crippen LogP contribution is 2.15. The van der Waals surface area contributed by atoms with Crippen molar-refractivity contribution in [3.63, 3.8) is 0 Å². The number of esters is 1. The lowest BCUT2D eigenvalue weighted by atomic mass is 10.3. The van der Waals surface area contributed by atoms with Gasteiger partial charge in [0.25, 0.3) is 0 Å². The molecular weight excluding hydrogens is 236 g/mol. The minimum Gasteiger partial charge on any atom is -0.464 e. The van der Waals surface area contributed by atoms with Crippen LogP contribution in [0.2, 0.25) is 0 Å². The summed E-state index contributed by atoms with van der Waals surface area (Å²) >= 11 is 3.13. The summed E-state index contributed by atoms with van der Waals surface area (Å²) in [5, 5.41) is 8.57. The second-order valence-electron chi connectivity index (χ2n) is 2.15. The van der Waals surface area contributed by atoms with Gasteiger partial charge in [0.2, 0.25) is 0 Å². The van der Waals surface area contributed by atoms with Gasteiger partial charge in [-0.1, -0.05) is 0 Å². The first-order valence-corrected chi connectivity index (χ1v) is 4.12. The summed E-state index contributed by atoms with van der Waals surface area (Å²) in [4.78, 5) is 14.7.